The summed E-state index contributed by atoms with van der Waals surface area (Å²) in [5, 5.41) is 31.7. The van der Waals surface area contributed by atoms with Gasteiger partial charge in [-0.25, -0.2) is 4.79 Å². The minimum Gasteiger partial charge on any atom is -0.489 e. The molecule has 1 amide bonds. The number of amides is 1. The highest BCUT2D eigenvalue weighted by Crippen LogP contribution is 2.32. The summed E-state index contributed by atoms with van der Waals surface area (Å²) in [6.07, 6.45) is 2.93. The van der Waals surface area contributed by atoms with Crippen molar-refractivity contribution in [2.24, 2.45) is 0 Å². The number of ether oxygens (including phenoxy) is 1. The Morgan fingerprint density at radius 3 is 2.70 bits per heavy atom. The fraction of sp³-hybridized carbons (Fsp3) is 0.467. The molecule has 0 spiro atoms. The topological polar surface area (TPSA) is 125 Å². The molecule has 1 saturated carbocycles. The van der Waals surface area contributed by atoms with Crippen LogP contribution in [-0.4, -0.2) is 28.3 Å². The lowest BCUT2D eigenvalue weighted by molar-refractivity contribution is -0.385. The van der Waals surface area contributed by atoms with Gasteiger partial charge in [-0.15, -0.1) is 0 Å². The van der Waals surface area contributed by atoms with E-state index in [0.717, 1.165) is 19.3 Å². The van der Waals surface area contributed by atoms with Crippen molar-refractivity contribution in [1.29, 1.82) is 5.26 Å². The first-order valence-electron chi connectivity index (χ1n) is 7.29. The SMILES string of the molecule is N#Cc1c(OCC2(NC(=O)O)CCCCC2)cccc1[N+](=O)[O-]. The minimum atomic E-state index is -1.13. The van der Waals surface area contributed by atoms with E-state index in [1.165, 1.54) is 18.2 Å². The standard InChI is InChI=1S/C15H17N3O5/c16-9-11-12(18(21)22)5-4-6-13(11)23-10-15(17-14(19)20)7-2-1-3-8-15/h4-6,17H,1-3,7-8,10H2,(H,19,20). The number of nitrogens with one attached hydrogen (secondary N) is 1. The van der Waals surface area contributed by atoms with E-state index in [2.05, 4.69) is 5.32 Å². The molecule has 1 aromatic carbocycles. The normalized spacial score (nSPS) is 16.1. The van der Waals surface area contributed by atoms with Crippen LogP contribution in [0.3, 0.4) is 0 Å². The first-order valence-corrected chi connectivity index (χ1v) is 7.29. The van der Waals surface area contributed by atoms with E-state index >= 15 is 0 Å². The Hall–Kier alpha value is -2.82. The smallest absolute Gasteiger partial charge is 0.405 e. The molecular weight excluding hydrogens is 302 g/mol. The van der Waals surface area contributed by atoms with Gasteiger partial charge in [-0.05, 0) is 18.9 Å². The van der Waals surface area contributed by atoms with Crippen molar-refractivity contribution in [2.75, 3.05) is 6.61 Å². The molecule has 8 heteroatoms. The van der Waals surface area contributed by atoms with E-state index in [9.17, 15) is 14.9 Å². The molecule has 1 aliphatic carbocycles. The molecule has 0 aliphatic heterocycles. The van der Waals surface area contributed by atoms with E-state index in [4.69, 9.17) is 15.1 Å². The molecular formula is C15H17N3O5. The Labute approximate surface area is 132 Å². The first kappa shape index (κ1) is 16.5. The van der Waals surface area contributed by atoms with Crippen LogP contribution in [0.15, 0.2) is 18.2 Å². The summed E-state index contributed by atoms with van der Waals surface area (Å²) in [4.78, 5) is 21.4. The van der Waals surface area contributed by atoms with Gasteiger partial charge < -0.3 is 15.2 Å². The minimum absolute atomic E-state index is 0.0369. The summed E-state index contributed by atoms with van der Waals surface area (Å²) in [7, 11) is 0. The molecule has 0 aromatic heterocycles. The van der Waals surface area contributed by atoms with Gasteiger partial charge in [0.2, 0.25) is 0 Å². The van der Waals surface area contributed by atoms with Crippen molar-refractivity contribution in [1.82, 2.24) is 5.32 Å². The van der Waals surface area contributed by atoms with Crippen molar-refractivity contribution >= 4 is 11.8 Å². The number of hydrogen-bond donors (Lipinski definition) is 2. The maximum atomic E-state index is 11.0. The zero-order valence-corrected chi connectivity index (χ0v) is 12.4. The fourth-order valence-corrected chi connectivity index (χ4v) is 2.88. The molecule has 0 atom stereocenters. The number of carboxylic acid groups (broad SMARTS) is 1. The summed E-state index contributed by atoms with van der Waals surface area (Å²) in [6.45, 7) is 0.0369. The zero-order chi connectivity index (χ0) is 16.9. The largest absolute Gasteiger partial charge is 0.489 e. The van der Waals surface area contributed by atoms with Gasteiger partial charge in [0.15, 0.2) is 5.56 Å². The number of carbonyl (C=O) groups is 1. The Morgan fingerprint density at radius 2 is 2.13 bits per heavy atom. The van der Waals surface area contributed by atoms with Crippen LogP contribution in [0.25, 0.3) is 0 Å². The monoisotopic (exact) mass is 319 g/mol. The van der Waals surface area contributed by atoms with Crippen LogP contribution in [0.5, 0.6) is 5.75 Å². The van der Waals surface area contributed by atoms with Crippen molar-refractivity contribution in [3.63, 3.8) is 0 Å². The lowest BCUT2D eigenvalue weighted by Gasteiger charge is -2.36. The third-order valence-corrected chi connectivity index (χ3v) is 4.00. The molecule has 0 bridgehead atoms. The summed E-state index contributed by atoms with van der Waals surface area (Å²) < 4.78 is 5.61. The van der Waals surface area contributed by atoms with Crippen LogP contribution in [-0.2, 0) is 0 Å². The maximum absolute atomic E-state index is 11.0. The number of nitriles is 1. The average molecular weight is 319 g/mol. The summed E-state index contributed by atoms with van der Waals surface area (Å²) in [5.74, 6) is 0.0961. The molecule has 2 N–H and O–H groups in total. The number of nitro benzene ring substituents is 1. The second-order valence-electron chi connectivity index (χ2n) is 5.58. The van der Waals surface area contributed by atoms with Gasteiger partial charge in [0, 0.05) is 6.07 Å². The quantitative estimate of drug-likeness (QED) is 0.635. The van der Waals surface area contributed by atoms with Gasteiger partial charge in [0.05, 0.1) is 10.5 Å². The summed E-state index contributed by atoms with van der Waals surface area (Å²) in [5.41, 5.74) is -1.20. The number of nitrogens with zero attached hydrogens (tertiary/aromatic N) is 2. The first-order chi connectivity index (χ1) is 11.0. The molecule has 1 fully saturated rings. The van der Waals surface area contributed by atoms with Crippen LogP contribution in [0.1, 0.15) is 37.7 Å². The Morgan fingerprint density at radius 1 is 1.43 bits per heavy atom. The highest BCUT2D eigenvalue weighted by molar-refractivity contribution is 5.65. The van der Waals surface area contributed by atoms with Crippen molar-refractivity contribution in [3.8, 4) is 11.8 Å². The molecule has 8 nitrogen and oxygen atoms in total. The molecule has 0 heterocycles. The van der Waals surface area contributed by atoms with Gasteiger partial charge in [0.25, 0.3) is 5.69 Å². The van der Waals surface area contributed by atoms with Crippen LogP contribution in [0, 0.1) is 21.4 Å². The number of nitro groups is 1. The molecule has 0 saturated heterocycles. The number of rotatable bonds is 5. The predicted octanol–water partition coefficient (Wildman–Crippen LogP) is 2.82. The van der Waals surface area contributed by atoms with Gasteiger partial charge in [-0.1, -0.05) is 25.3 Å². The van der Waals surface area contributed by atoms with Crippen molar-refractivity contribution < 1.29 is 19.6 Å². The van der Waals surface area contributed by atoms with Gasteiger partial charge in [-0.3, -0.25) is 10.1 Å². The van der Waals surface area contributed by atoms with Crippen molar-refractivity contribution in [3.05, 3.63) is 33.9 Å². The lowest BCUT2D eigenvalue weighted by atomic mass is 9.82. The zero-order valence-electron chi connectivity index (χ0n) is 12.4. The van der Waals surface area contributed by atoms with E-state index in [1.54, 1.807) is 6.07 Å². The number of hydrogen-bond acceptors (Lipinski definition) is 5. The van der Waals surface area contributed by atoms with Crippen LogP contribution in [0.2, 0.25) is 0 Å². The molecule has 0 radical (unpaired) electrons. The third kappa shape index (κ3) is 3.88. The van der Waals surface area contributed by atoms with Crippen molar-refractivity contribution in [2.45, 2.75) is 37.6 Å². The van der Waals surface area contributed by atoms with Gasteiger partial charge in [0.1, 0.15) is 18.4 Å². The second kappa shape index (κ2) is 6.96. The average Bonchev–Trinajstić information content (AvgIpc) is 2.52. The van der Waals surface area contributed by atoms with E-state index in [-0.39, 0.29) is 23.6 Å². The fourth-order valence-electron chi connectivity index (χ4n) is 2.88. The second-order valence-corrected chi connectivity index (χ2v) is 5.58. The summed E-state index contributed by atoms with van der Waals surface area (Å²) in [6, 6.07) is 5.93. The van der Waals surface area contributed by atoms with E-state index in [0.29, 0.717) is 12.8 Å². The molecule has 1 aromatic rings. The lowest BCUT2D eigenvalue weighted by Crippen LogP contribution is -2.53. The van der Waals surface area contributed by atoms with Gasteiger partial charge >= 0.3 is 6.09 Å². The van der Waals surface area contributed by atoms with E-state index < -0.39 is 16.6 Å². The van der Waals surface area contributed by atoms with Gasteiger partial charge in [-0.2, -0.15) is 5.26 Å². The predicted molar refractivity (Wildman–Crippen MR) is 80.3 cm³/mol. The molecule has 2 rings (SSSR count). The third-order valence-electron chi connectivity index (χ3n) is 4.00. The highest BCUT2D eigenvalue weighted by atomic mass is 16.6. The Balaban J connectivity index is 2.21. The maximum Gasteiger partial charge on any atom is 0.405 e. The number of benzene rings is 1. The molecule has 0 unspecified atom stereocenters. The molecule has 1 aliphatic rings. The van der Waals surface area contributed by atoms with Crippen LogP contribution in [0.4, 0.5) is 10.5 Å². The molecule has 122 valence electrons. The van der Waals surface area contributed by atoms with Crippen LogP contribution < -0.4 is 10.1 Å². The van der Waals surface area contributed by atoms with E-state index in [1.807, 2.05) is 0 Å². The summed E-state index contributed by atoms with van der Waals surface area (Å²) >= 11 is 0. The Kier molecular flexibility index (Phi) is 5.01. The Bertz CT molecular complexity index is 647. The molecule has 23 heavy (non-hydrogen) atoms. The highest BCUT2D eigenvalue weighted by Gasteiger charge is 2.35. The van der Waals surface area contributed by atoms with Crippen LogP contribution >= 0.6 is 0 Å².